The second-order valence-corrected chi connectivity index (χ2v) is 12.2. The number of aromatic nitrogens is 3. The van der Waals surface area contributed by atoms with E-state index in [-0.39, 0.29) is 25.1 Å². The first-order valence-corrected chi connectivity index (χ1v) is 14.6. The number of hydrogen-bond donors (Lipinski definition) is 3. The Bertz CT molecular complexity index is 1870. The lowest BCUT2D eigenvalue weighted by Crippen LogP contribution is -2.47. The average molecular weight is 594 g/mol. The van der Waals surface area contributed by atoms with Crippen molar-refractivity contribution in [3.05, 3.63) is 84.2 Å². The zero-order chi connectivity index (χ0) is 31.0. The first kappa shape index (κ1) is 29.0. The number of hydrogen-bond acceptors (Lipinski definition) is 7. The normalized spacial score (nSPS) is 16.4. The van der Waals surface area contributed by atoms with Crippen LogP contribution >= 0.6 is 0 Å². The lowest BCUT2D eigenvalue weighted by molar-refractivity contribution is -0.136. The molecule has 4 N–H and O–H groups in total. The molecule has 0 radical (unpaired) electrons. The van der Waals surface area contributed by atoms with E-state index < -0.39 is 17.7 Å². The molecule has 0 bridgehead atoms. The van der Waals surface area contributed by atoms with E-state index in [1.807, 2.05) is 61.9 Å². The molecular formula is C34H35N5O5. The van der Waals surface area contributed by atoms with Gasteiger partial charge in [0, 0.05) is 28.6 Å². The Balaban J connectivity index is 1.35. The number of nitrogens with two attached hydrogens (primary N) is 1. The lowest BCUT2D eigenvalue weighted by atomic mass is 9.86. The molecule has 1 saturated carbocycles. The zero-order valence-corrected chi connectivity index (χ0v) is 24.9. The van der Waals surface area contributed by atoms with Crippen molar-refractivity contribution >= 4 is 39.6 Å². The number of benzene rings is 3. The predicted molar refractivity (Wildman–Crippen MR) is 168 cm³/mol. The fourth-order valence-corrected chi connectivity index (χ4v) is 5.73. The molecule has 226 valence electrons. The molecule has 1 amide bonds. The van der Waals surface area contributed by atoms with Crippen LogP contribution in [0.2, 0.25) is 0 Å². The largest absolute Gasteiger partial charge is 0.487 e. The van der Waals surface area contributed by atoms with Gasteiger partial charge in [0.15, 0.2) is 0 Å². The highest BCUT2D eigenvalue weighted by Crippen LogP contribution is 2.38. The number of ether oxygens (including phenoxy) is 2. The number of aliphatic carboxylic acids is 1. The van der Waals surface area contributed by atoms with Gasteiger partial charge in [-0.05, 0) is 74.4 Å². The Morgan fingerprint density at radius 2 is 1.82 bits per heavy atom. The first-order chi connectivity index (χ1) is 21.1. The van der Waals surface area contributed by atoms with Gasteiger partial charge < -0.3 is 25.6 Å². The number of amides is 1. The summed E-state index contributed by atoms with van der Waals surface area (Å²) in [6.45, 7) is 5.70. The van der Waals surface area contributed by atoms with Crippen LogP contribution in [-0.4, -0.2) is 43.6 Å². The van der Waals surface area contributed by atoms with E-state index in [4.69, 9.17) is 20.3 Å². The van der Waals surface area contributed by atoms with E-state index in [0.29, 0.717) is 30.0 Å². The third-order valence-electron chi connectivity index (χ3n) is 7.81. The third-order valence-corrected chi connectivity index (χ3v) is 7.81. The molecular weight excluding hydrogens is 558 g/mol. The van der Waals surface area contributed by atoms with Gasteiger partial charge in [0.1, 0.15) is 23.8 Å². The van der Waals surface area contributed by atoms with Crippen LogP contribution in [0, 0.1) is 0 Å². The fraction of sp³-hybridized carbons (Fsp3) is 0.294. The lowest BCUT2D eigenvalue weighted by Gasteiger charge is -2.37. The highest BCUT2D eigenvalue weighted by atomic mass is 16.6. The molecule has 2 aromatic heterocycles. The molecule has 1 fully saturated rings. The van der Waals surface area contributed by atoms with Crippen molar-refractivity contribution in [3.63, 3.8) is 0 Å². The Morgan fingerprint density at radius 1 is 1.02 bits per heavy atom. The molecule has 10 heteroatoms. The van der Waals surface area contributed by atoms with E-state index in [1.54, 1.807) is 24.4 Å². The predicted octanol–water partition coefficient (Wildman–Crippen LogP) is 6.27. The van der Waals surface area contributed by atoms with Crippen molar-refractivity contribution in [2.45, 2.75) is 64.3 Å². The summed E-state index contributed by atoms with van der Waals surface area (Å²) in [5.41, 5.74) is 9.91. The molecule has 10 nitrogen and oxygen atoms in total. The van der Waals surface area contributed by atoms with Gasteiger partial charge >= 0.3 is 12.1 Å². The average Bonchev–Trinajstić information content (AvgIpc) is 3.30. The second kappa shape index (κ2) is 11.5. The maximum absolute atomic E-state index is 12.3. The van der Waals surface area contributed by atoms with Crippen LogP contribution in [0.1, 0.15) is 50.9 Å². The van der Waals surface area contributed by atoms with Crippen LogP contribution in [0.15, 0.2) is 72.9 Å². The number of anilines is 1. The third kappa shape index (κ3) is 6.01. The van der Waals surface area contributed by atoms with Gasteiger partial charge in [0.05, 0.1) is 23.7 Å². The summed E-state index contributed by atoms with van der Waals surface area (Å²) in [5.74, 6) is 0.0686. The van der Waals surface area contributed by atoms with Crippen LogP contribution in [-0.2, 0) is 22.6 Å². The van der Waals surface area contributed by atoms with E-state index in [9.17, 15) is 14.7 Å². The Morgan fingerprint density at radius 3 is 2.59 bits per heavy atom. The van der Waals surface area contributed by atoms with Crippen molar-refractivity contribution < 1.29 is 24.2 Å². The van der Waals surface area contributed by atoms with Crippen molar-refractivity contribution in [1.29, 1.82) is 0 Å². The van der Waals surface area contributed by atoms with Gasteiger partial charge in [-0.1, -0.05) is 42.5 Å². The molecule has 5 aromatic rings. The number of nitrogens with zero attached hydrogens (tertiary/aromatic N) is 3. The topological polar surface area (TPSA) is 142 Å². The maximum Gasteiger partial charge on any atom is 0.407 e. The molecule has 44 heavy (non-hydrogen) atoms. The van der Waals surface area contributed by atoms with Gasteiger partial charge in [-0.25, -0.2) is 9.78 Å². The SMILES string of the molecule is CC(C)(C)OC(=O)NC1CC(n2nc3ccc(-c4cccc5c(N)nccc45)cc3c2COc2ccccc2CC(=O)O)C1. The van der Waals surface area contributed by atoms with Gasteiger partial charge in [-0.15, -0.1) is 0 Å². The summed E-state index contributed by atoms with van der Waals surface area (Å²) in [6, 6.07) is 21.3. The molecule has 2 heterocycles. The number of alkyl carbamates (subject to hydrolysis) is 1. The molecule has 0 unspecified atom stereocenters. The monoisotopic (exact) mass is 593 g/mol. The van der Waals surface area contributed by atoms with E-state index >= 15 is 0 Å². The molecule has 0 atom stereocenters. The number of carbonyl (C=O) groups is 2. The highest BCUT2D eigenvalue weighted by molar-refractivity contribution is 6.02. The minimum Gasteiger partial charge on any atom is -0.487 e. The standard InChI is InChI=1S/C34H35N5O5/c1-34(2,3)44-33(42)37-22-17-23(18-22)39-29(19-43-30-10-5-4-7-21(30)16-31(40)41)27-15-20(11-12-28(27)38-39)24-8-6-9-26-25(24)13-14-36-32(26)35/h4-15,22-23H,16-19H2,1-3H3,(H2,35,36)(H,37,42)(H,40,41). The smallest absolute Gasteiger partial charge is 0.407 e. The fourth-order valence-electron chi connectivity index (χ4n) is 5.73. The Hall–Kier alpha value is -5.12. The number of carbonyl (C=O) groups excluding carboxylic acids is 1. The summed E-state index contributed by atoms with van der Waals surface area (Å²) < 4.78 is 13.7. The molecule has 0 aliphatic heterocycles. The number of rotatable bonds is 8. The van der Waals surface area contributed by atoms with Crippen LogP contribution in [0.4, 0.5) is 10.6 Å². The zero-order valence-electron chi connectivity index (χ0n) is 24.9. The summed E-state index contributed by atoms with van der Waals surface area (Å²) in [4.78, 5) is 28.0. The van der Waals surface area contributed by atoms with E-state index in [1.165, 1.54) is 0 Å². The number of fused-ring (bicyclic) bond motifs is 2. The molecule has 1 aliphatic carbocycles. The second-order valence-electron chi connectivity index (χ2n) is 12.2. The quantitative estimate of drug-likeness (QED) is 0.191. The van der Waals surface area contributed by atoms with Crippen molar-refractivity contribution in [2.75, 3.05) is 5.73 Å². The number of para-hydroxylation sites is 1. The number of nitrogens with one attached hydrogen (secondary N) is 1. The van der Waals surface area contributed by atoms with Crippen molar-refractivity contribution in [2.24, 2.45) is 0 Å². The van der Waals surface area contributed by atoms with Crippen LogP contribution in [0.25, 0.3) is 32.8 Å². The van der Waals surface area contributed by atoms with Gasteiger partial charge in [-0.3, -0.25) is 9.48 Å². The number of carboxylic acids is 1. The maximum atomic E-state index is 12.3. The summed E-state index contributed by atoms with van der Waals surface area (Å²) in [6.07, 6.45) is 2.53. The molecule has 0 spiro atoms. The van der Waals surface area contributed by atoms with Gasteiger partial charge in [0.25, 0.3) is 0 Å². The van der Waals surface area contributed by atoms with Crippen LogP contribution in [0.5, 0.6) is 5.75 Å². The van der Waals surface area contributed by atoms with E-state index in [0.717, 1.165) is 38.5 Å². The number of pyridine rings is 1. The Kier molecular flexibility index (Phi) is 7.59. The summed E-state index contributed by atoms with van der Waals surface area (Å²) in [7, 11) is 0. The van der Waals surface area contributed by atoms with Crippen molar-refractivity contribution in [1.82, 2.24) is 20.1 Å². The molecule has 3 aromatic carbocycles. The van der Waals surface area contributed by atoms with Gasteiger partial charge in [0.2, 0.25) is 0 Å². The minimum absolute atomic E-state index is 0.0301. The molecule has 1 aliphatic rings. The number of carboxylic acid groups (broad SMARTS) is 1. The highest BCUT2D eigenvalue weighted by Gasteiger charge is 2.35. The number of nitrogen functional groups attached to an aromatic ring is 1. The first-order valence-electron chi connectivity index (χ1n) is 14.6. The van der Waals surface area contributed by atoms with Crippen LogP contribution < -0.4 is 15.8 Å². The summed E-state index contributed by atoms with van der Waals surface area (Å²) in [5, 5.41) is 20.1. The Labute approximate surface area is 254 Å². The van der Waals surface area contributed by atoms with Gasteiger partial charge in [-0.2, -0.15) is 5.10 Å². The minimum atomic E-state index is -0.926. The van der Waals surface area contributed by atoms with Crippen molar-refractivity contribution in [3.8, 4) is 16.9 Å². The van der Waals surface area contributed by atoms with E-state index in [2.05, 4.69) is 22.4 Å². The molecule has 0 saturated heterocycles. The van der Waals surface area contributed by atoms with Crippen LogP contribution in [0.3, 0.4) is 0 Å². The summed E-state index contributed by atoms with van der Waals surface area (Å²) >= 11 is 0. The molecule has 6 rings (SSSR count).